The molecule has 0 spiro atoms. The van der Waals surface area contributed by atoms with Gasteiger partial charge >= 0.3 is 0 Å². The molecule has 0 N–H and O–H groups in total. The van der Waals surface area contributed by atoms with Crippen LogP contribution in [0.4, 0.5) is 4.39 Å². The van der Waals surface area contributed by atoms with E-state index in [-0.39, 0.29) is 21.2 Å². The second-order valence-electron chi connectivity index (χ2n) is 2.97. The molecule has 1 heterocycles. The lowest BCUT2D eigenvalue weighted by molar-refractivity contribution is 0.460. The van der Waals surface area contributed by atoms with Crippen molar-refractivity contribution in [3.63, 3.8) is 0 Å². The van der Waals surface area contributed by atoms with Crippen molar-refractivity contribution in [2.45, 2.75) is 0 Å². The monoisotopic (exact) mass is 292 g/mol. The quantitative estimate of drug-likeness (QED) is 0.771. The number of hydrogen-bond acceptors (Lipinski definition) is 3. The second-order valence-corrected chi connectivity index (χ2v) is 4.12. The predicted molar refractivity (Wildman–Crippen MR) is 63.5 cm³/mol. The van der Waals surface area contributed by atoms with E-state index in [0.29, 0.717) is 5.75 Å². The number of nitrogens with zero attached hydrogens (tertiary/aromatic N) is 2. The van der Waals surface area contributed by atoms with Crippen LogP contribution in [0.25, 0.3) is 0 Å². The third-order valence-corrected chi connectivity index (χ3v) is 2.52. The summed E-state index contributed by atoms with van der Waals surface area (Å²) in [5.74, 6) is -0.159. The Morgan fingerprint density at radius 2 is 1.88 bits per heavy atom. The first-order valence-corrected chi connectivity index (χ1v) is 5.50. The van der Waals surface area contributed by atoms with Crippen LogP contribution in [-0.2, 0) is 0 Å². The summed E-state index contributed by atoms with van der Waals surface area (Å²) in [6.07, 6.45) is 1.30. The van der Waals surface area contributed by atoms with E-state index in [4.69, 9.17) is 39.5 Å². The Labute approximate surface area is 111 Å². The molecule has 3 nitrogen and oxygen atoms in total. The van der Waals surface area contributed by atoms with E-state index in [1.807, 2.05) is 0 Å². The third-order valence-electron chi connectivity index (χ3n) is 1.79. The van der Waals surface area contributed by atoms with E-state index >= 15 is 0 Å². The van der Waals surface area contributed by atoms with Gasteiger partial charge < -0.3 is 4.74 Å². The molecular weight excluding hydrogens is 289 g/mol. The minimum absolute atomic E-state index is 0.00221. The highest BCUT2D eigenvalue weighted by Gasteiger charge is 2.08. The fourth-order valence-corrected chi connectivity index (χ4v) is 1.48. The molecule has 0 amide bonds. The van der Waals surface area contributed by atoms with Crippen molar-refractivity contribution in [3.05, 3.63) is 45.5 Å². The standard InChI is InChI=1S/C10H4Cl3FN2O/c11-6-3-5(1-2-8(6)14)17-9-7(12)4-15-10(13)16-9/h1-4H. The molecule has 0 fully saturated rings. The van der Waals surface area contributed by atoms with Gasteiger partial charge in [0.15, 0.2) is 0 Å². The zero-order valence-electron chi connectivity index (χ0n) is 8.12. The van der Waals surface area contributed by atoms with Crippen LogP contribution in [0.5, 0.6) is 11.6 Å². The lowest BCUT2D eigenvalue weighted by Crippen LogP contribution is -1.91. The van der Waals surface area contributed by atoms with Gasteiger partial charge in [0.25, 0.3) is 0 Å². The van der Waals surface area contributed by atoms with Crippen LogP contribution in [0.2, 0.25) is 15.3 Å². The predicted octanol–water partition coefficient (Wildman–Crippen LogP) is 4.37. The summed E-state index contributed by atoms with van der Waals surface area (Å²) >= 11 is 17.0. The van der Waals surface area contributed by atoms with E-state index in [0.717, 1.165) is 0 Å². The van der Waals surface area contributed by atoms with Gasteiger partial charge in [-0.05, 0) is 23.7 Å². The molecule has 88 valence electrons. The van der Waals surface area contributed by atoms with Crippen LogP contribution in [0, 0.1) is 5.82 Å². The molecule has 0 aliphatic rings. The Balaban J connectivity index is 2.31. The van der Waals surface area contributed by atoms with Gasteiger partial charge in [0.2, 0.25) is 11.2 Å². The molecule has 7 heteroatoms. The molecule has 0 atom stereocenters. The SMILES string of the molecule is Fc1ccc(Oc2nc(Cl)ncc2Cl)cc1Cl. The zero-order valence-corrected chi connectivity index (χ0v) is 10.4. The van der Waals surface area contributed by atoms with Gasteiger partial charge in [-0.15, -0.1) is 0 Å². The largest absolute Gasteiger partial charge is 0.437 e. The molecule has 0 unspecified atom stereocenters. The molecule has 0 radical (unpaired) electrons. The van der Waals surface area contributed by atoms with Gasteiger partial charge in [-0.3, -0.25) is 0 Å². The molecule has 17 heavy (non-hydrogen) atoms. The molecule has 0 saturated carbocycles. The van der Waals surface area contributed by atoms with Gasteiger partial charge in [0.05, 0.1) is 11.2 Å². The first-order chi connectivity index (χ1) is 8.06. The highest BCUT2D eigenvalue weighted by atomic mass is 35.5. The fraction of sp³-hybridized carbons (Fsp3) is 0. The highest BCUT2D eigenvalue weighted by molar-refractivity contribution is 6.32. The summed E-state index contributed by atoms with van der Waals surface area (Å²) in [5, 5.41) is 0.131. The third kappa shape index (κ3) is 2.97. The number of benzene rings is 1. The summed E-state index contributed by atoms with van der Waals surface area (Å²) in [6.45, 7) is 0. The summed E-state index contributed by atoms with van der Waals surface area (Å²) in [7, 11) is 0. The van der Waals surface area contributed by atoms with Crippen LogP contribution in [0.1, 0.15) is 0 Å². The Kier molecular flexibility index (Phi) is 3.66. The molecular formula is C10H4Cl3FN2O. The van der Waals surface area contributed by atoms with E-state index in [1.54, 1.807) is 0 Å². The first-order valence-electron chi connectivity index (χ1n) is 4.37. The minimum Gasteiger partial charge on any atom is -0.437 e. The molecule has 0 bridgehead atoms. The topological polar surface area (TPSA) is 35.0 Å². The summed E-state index contributed by atoms with van der Waals surface area (Å²) in [6, 6.07) is 3.88. The average Bonchev–Trinajstić information content (AvgIpc) is 2.29. The van der Waals surface area contributed by atoms with Crippen molar-refractivity contribution < 1.29 is 9.13 Å². The van der Waals surface area contributed by atoms with Crippen molar-refractivity contribution in [1.82, 2.24) is 9.97 Å². The van der Waals surface area contributed by atoms with Crippen LogP contribution in [0.3, 0.4) is 0 Å². The normalized spacial score (nSPS) is 10.4. The first kappa shape index (κ1) is 12.4. The fourth-order valence-electron chi connectivity index (χ4n) is 1.05. The number of aromatic nitrogens is 2. The molecule has 1 aromatic heterocycles. The van der Waals surface area contributed by atoms with Crippen LogP contribution >= 0.6 is 34.8 Å². The lowest BCUT2D eigenvalue weighted by atomic mass is 10.3. The van der Waals surface area contributed by atoms with E-state index in [1.165, 1.54) is 24.4 Å². The number of hydrogen-bond donors (Lipinski definition) is 0. The zero-order chi connectivity index (χ0) is 12.4. The Morgan fingerprint density at radius 1 is 1.12 bits per heavy atom. The maximum Gasteiger partial charge on any atom is 0.242 e. The van der Waals surface area contributed by atoms with E-state index in [2.05, 4.69) is 9.97 Å². The number of rotatable bonds is 2. The molecule has 0 aliphatic heterocycles. The van der Waals surface area contributed by atoms with E-state index < -0.39 is 5.82 Å². The molecule has 1 aromatic carbocycles. The van der Waals surface area contributed by atoms with Crippen LogP contribution < -0.4 is 4.74 Å². The van der Waals surface area contributed by atoms with Crippen LogP contribution in [-0.4, -0.2) is 9.97 Å². The second kappa shape index (κ2) is 5.04. The van der Waals surface area contributed by atoms with E-state index in [9.17, 15) is 4.39 Å². The maximum absolute atomic E-state index is 12.9. The summed E-state index contributed by atoms with van der Waals surface area (Å²) in [4.78, 5) is 7.45. The minimum atomic E-state index is -0.536. The van der Waals surface area contributed by atoms with Crippen molar-refractivity contribution >= 4 is 34.8 Å². The molecule has 0 aliphatic carbocycles. The number of ether oxygens (including phenoxy) is 1. The highest BCUT2D eigenvalue weighted by Crippen LogP contribution is 2.29. The van der Waals surface area contributed by atoms with Gasteiger partial charge in [-0.2, -0.15) is 4.98 Å². The molecule has 0 saturated heterocycles. The Morgan fingerprint density at radius 3 is 2.59 bits per heavy atom. The van der Waals surface area contributed by atoms with Crippen molar-refractivity contribution in [3.8, 4) is 11.6 Å². The van der Waals surface area contributed by atoms with Crippen LogP contribution in [0.15, 0.2) is 24.4 Å². The molecule has 2 aromatic rings. The van der Waals surface area contributed by atoms with Gasteiger partial charge in [0.1, 0.15) is 16.6 Å². The lowest BCUT2D eigenvalue weighted by Gasteiger charge is -2.06. The summed E-state index contributed by atoms with van der Waals surface area (Å²) < 4.78 is 18.2. The smallest absolute Gasteiger partial charge is 0.242 e. The summed E-state index contributed by atoms with van der Waals surface area (Å²) in [5.41, 5.74) is 0. The molecule has 2 rings (SSSR count). The van der Waals surface area contributed by atoms with Crippen molar-refractivity contribution in [1.29, 1.82) is 0 Å². The average molecular weight is 294 g/mol. The Bertz CT molecular complexity index is 565. The van der Waals surface area contributed by atoms with Gasteiger partial charge in [-0.25, -0.2) is 9.37 Å². The van der Waals surface area contributed by atoms with Crippen molar-refractivity contribution in [2.75, 3.05) is 0 Å². The Hall–Kier alpha value is -1.10. The maximum atomic E-state index is 12.9. The van der Waals surface area contributed by atoms with Crippen molar-refractivity contribution in [2.24, 2.45) is 0 Å². The van der Waals surface area contributed by atoms with Gasteiger partial charge in [-0.1, -0.05) is 23.2 Å². The van der Waals surface area contributed by atoms with Gasteiger partial charge in [0, 0.05) is 6.07 Å². The number of halogens is 4.